The van der Waals surface area contributed by atoms with E-state index < -0.39 is 4.92 Å². The fourth-order valence-electron chi connectivity index (χ4n) is 2.67. The van der Waals surface area contributed by atoms with E-state index in [4.69, 9.17) is 5.84 Å². The summed E-state index contributed by atoms with van der Waals surface area (Å²) < 4.78 is 0. The van der Waals surface area contributed by atoms with E-state index in [1.165, 1.54) is 6.42 Å². The number of nitrogens with two attached hydrogens (primary N) is 1. The first kappa shape index (κ1) is 15.8. The molecule has 2 unspecified atom stereocenters. The second kappa shape index (κ2) is 6.90. The molecule has 2 atom stereocenters. The van der Waals surface area contributed by atoms with Gasteiger partial charge in [-0.3, -0.25) is 15.5 Å². The summed E-state index contributed by atoms with van der Waals surface area (Å²) in [6.07, 6.45) is 6.48. The second-order valence-electron chi connectivity index (χ2n) is 5.04. The maximum atomic E-state index is 11.3. The van der Waals surface area contributed by atoms with Gasteiger partial charge in [0.15, 0.2) is 0 Å². The Labute approximate surface area is 127 Å². The summed E-state index contributed by atoms with van der Waals surface area (Å²) in [5.74, 6) is 5.74. The normalized spacial score (nSPS) is 21.9. The molecule has 4 N–H and O–H groups in total. The SMILES string of the molecule is CSC1CCCCC1Nc1nc(NN)nc(C)c1[N+](=O)[O-]. The van der Waals surface area contributed by atoms with Crippen molar-refractivity contribution >= 4 is 29.2 Å². The van der Waals surface area contributed by atoms with Gasteiger partial charge >= 0.3 is 5.69 Å². The van der Waals surface area contributed by atoms with E-state index in [0.29, 0.717) is 10.9 Å². The largest absolute Gasteiger partial charge is 0.360 e. The lowest BCUT2D eigenvalue weighted by molar-refractivity contribution is -0.385. The van der Waals surface area contributed by atoms with Gasteiger partial charge in [0, 0.05) is 11.3 Å². The van der Waals surface area contributed by atoms with Crippen molar-refractivity contribution in [2.24, 2.45) is 5.84 Å². The lowest BCUT2D eigenvalue weighted by Crippen LogP contribution is -2.35. The fraction of sp³-hybridized carbons (Fsp3) is 0.667. The number of aryl methyl sites for hydroxylation is 1. The fourth-order valence-corrected chi connectivity index (χ4v) is 3.61. The van der Waals surface area contributed by atoms with Crippen molar-refractivity contribution in [1.82, 2.24) is 9.97 Å². The van der Waals surface area contributed by atoms with Crippen molar-refractivity contribution in [3.05, 3.63) is 15.8 Å². The van der Waals surface area contributed by atoms with E-state index in [1.807, 2.05) is 0 Å². The molecule has 0 aliphatic heterocycles. The van der Waals surface area contributed by atoms with Gasteiger partial charge in [0.1, 0.15) is 5.69 Å². The van der Waals surface area contributed by atoms with Gasteiger partial charge in [0.2, 0.25) is 11.8 Å². The van der Waals surface area contributed by atoms with Gasteiger partial charge in [0.25, 0.3) is 0 Å². The van der Waals surface area contributed by atoms with Crippen LogP contribution in [0.2, 0.25) is 0 Å². The molecule has 0 saturated heterocycles. The molecular formula is C12H20N6O2S. The Morgan fingerprint density at radius 1 is 1.38 bits per heavy atom. The van der Waals surface area contributed by atoms with Crippen molar-refractivity contribution < 1.29 is 4.92 Å². The van der Waals surface area contributed by atoms with Gasteiger partial charge in [-0.25, -0.2) is 10.8 Å². The van der Waals surface area contributed by atoms with E-state index >= 15 is 0 Å². The molecule has 116 valence electrons. The summed E-state index contributed by atoms with van der Waals surface area (Å²) in [6.45, 7) is 1.58. The smallest absolute Gasteiger partial charge is 0.332 e. The molecule has 1 aliphatic carbocycles. The molecule has 1 aromatic heterocycles. The van der Waals surface area contributed by atoms with Crippen LogP contribution < -0.4 is 16.6 Å². The van der Waals surface area contributed by atoms with E-state index in [-0.39, 0.29) is 23.5 Å². The Hall–Kier alpha value is -1.61. The van der Waals surface area contributed by atoms with Gasteiger partial charge in [0.05, 0.1) is 4.92 Å². The van der Waals surface area contributed by atoms with E-state index in [0.717, 1.165) is 19.3 Å². The molecule has 21 heavy (non-hydrogen) atoms. The highest BCUT2D eigenvalue weighted by atomic mass is 32.2. The number of hydrogen-bond donors (Lipinski definition) is 3. The summed E-state index contributed by atoms with van der Waals surface area (Å²) in [7, 11) is 0. The molecule has 0 aromatic carbocycles. The van der Waals surface area contributed by atoms with Crippen molar-refractivity contribution in [2.45, 2.75) is 43.9 Å². The van der Waals surface area contributed by atoms with Crippen LogP contribution in [0.5, 0.6) is 0 Å². The van der Waals surface area contributed by atoms with E-state index in [9.17, 15) is 10.1 Å². The van der Waals surface area contributed by atoms with Gasteiger partial charge in [-0.05, 0) is 26.0 Å². The summed E-state index contributed by atoms with van der Waals surface area (Å²) in [5.41, 5.74) is 2.56. The van der Waals surface area contributed by atoms with Gasteiger partial charge < -0.3 is 5.32 Å². The number of nitrogens with zero attached hydrogens (tertiary/aromatic N) is 3. The Kier molecular flexibility index (Phi) is 5.18. The molecule has 0 bridgehead atoms. The number of aromatic nitrogens is 2. The third-order valence-electron chi connectivity index (χ3n) is 3.70. The molecule has 1 fully saturated rings. The summed E-state index contributed by atoms with van der Waals surface area (Å²) in [5, 5.41) is 14.9. The molecule has 0 radical (unpaired) electrons. The number of thioether (sulfide) groups is 1. The van der Waals surface area contributed by atoms with Crippen LogP contribution in [0.25, 0.3) is 0 Å². The summed E-state index contributed by atoms with van der Waals surface area (Å²) in [4.78, 5) is 18.9. The zero-order valence-electron chi connectivity index (χ0n) is 12.1. The van der Waals surface area contributed by atoms with Crippen molar-refractivity contribution in [3.8, 4) is 0 Å². The number of anilines is 2. The Bertz CT molecular complexity index is 527. The lowest BCUT2D eigenvalue weighted by atomic mass is 9.95. The predicted octanol–water partition coefficient (Wildman–Crippen LogP) is 2.06. The first-order valence-corrected chi connectivity index (χ1v) is 8.14. The van der Waals surface area contributed by atoms with Gasteiger partial charge in [-0.2, -0.15) is 16.7 Å². The van der Waals surface area contributed by atoms with Crippen LogP contribution in [-0.4, -0.2) is 32.4 Å². The molecule has 0 spiro atoms. The minimum atomic E-state index is -0.450. The molecule has 8 nitrogen and oxygen atoms in total. The van der Waals surface area contributed by atoms with Crippen molar-refractivity contribution in [3.63, 3.8) is 0 Å². The van der Waals surface area contributed by atoms with Crippen LogP contribution in [0, 0.1) is 17.0 Å². The second-order valence-corrected chi connectivity index (χ2v) is 6.12. The van der Waals surface area contributed by atoms with Crippen LogP contribution in [-0.2, 0) is 0 Å². The molecule has 9 heteroatoms. The Morgan fingerprint density at radius 3 is 2.71 bits per heavy atom. The zero-order chi connectivity index (χ0) is 15.4. The number of hydrogen-bond acceptors (Lipinski definition) is 8. The number of nitrogens with one attached hydrogen (secondary N) is 2. The van der Waals surface area contributed by atoms with E-state index in [1.54, 1.807) is 18.7 Å². The maximum absolute atomic E-state index is 11.3. The van der Waals surface area contributed by atoms with Gasteiger partial charge in [-0.1, -0.05) is 12.8 Å². The van der Waals surface area contributed by atoms with Crippen LogP contribution in [0.1, 0.15) is 31.4 Å². The van der Waals surface area contributed by atoms with E-state index in [2.05, 4.69) is 27.0 Å². The van der Waals surface area contributed by atoms with Crippen LogP contribution >= 0.6 is 11.8 Å². The monoisotopic (exact) mass is 312 g/mol. The highest BCUT2D eigenvalue weighted by Crippen LogP contribution is 2.33. The van der Waals surface area contributed by atoms with Crippen molar-refractivity contribution in [1.29, 1.82) is 0 Å². The third kappa shape index (κ3) is 3.53. The van der Waals surface area contributed by atoms with Crippen LogP contribution in [0.4, 0.5) is 17.5 Å². The molecule has 1 heterocycles. The minimum absolute atomic E-state index is 0.0839. The topological polar surface area (TPSA) is 119 Å². The molecule has 1 saturated carbocycles. The molecule has 0 amide bonds. The lowest BCUT2D eigenvalue weighted by Gasteiger charge is -2.31. The number of hydrazine groups is 1. The number of nitrogen functional groups attached to an aromatic ring is 1. The third-order valence-corrected chi connectivity index (χ3v) is 4.87. The molecule has 1 aliphatic rings. The van der Waals surface area contributed by atoms with Crippen LogP contribution in [0.15, 0.2) is 0 Å². The highest BCUT2D eigenvalue weighted by molar-refractivity contribution is 7.99. The minimum Gasteiger partial charge on any atom is -0.360 e. The Balaban J connectivity index is 2.32. The first-order chi connectivity index (χ1) is 10.1. The molecule has 2 rings (SSSR count). The quantitative estimate of drug-likeness (QED) is 0.429. The highest BCUT2D eigenvalue weighted by Gasteiger charge is 2.29. The van der Waals surface area contributed by atoms with Crippen LogP contribution in [0.3, 0.4) is 0 Å². The van der Waals surface area contributed by atoms with Gasteiger partial charge in [-0.15, -0.1) is 0 Å². The standard InChI is InChI=1S/C12H20N6O2S/c1-7-10(18(19)20)11(16-12(14-7)17-13)15-8-5-3-4-6-9(8)21-2/h8-9H,3-6,13H2,1-2H3,(H2,14,15,16,17). The summed E-state index contributed by atoms with van der Waals surface area (Å²) in [6, 6.07) is 0.173. The summed E-state index contributed by atoms with van der Waals surface area (Å²) >= 11 is 1.79. The molecular weight excluding hydrogens is 292 g/mol. The molecule has 1 aromatic rings. The maximum Gasteiger partial charge on any atom is 0.332 e. The average Bonchev–Trinajstić information content (AvgIpc) is 2.46. The first-order valence-electron chi connectivity index (χ1n) is 6.85. The zero-order valence-corrected chi connectivity index (χ0v) is 12.9. The number of rotatable bonds is 5. The Morgan fingerprint density at radius 2 is 2.10 bits per heavy atom. The number of nitro groups is 1. The predicted molar refractivity (Wildman–Crippen MR) is 84.4 cm³/mol. The average molecular weight is 312 g/mol. The van der Waals surface area contributed by atoms with Crippen molar-refractivity contribution in [2.75, 3.05) is 17.0 Å².